The van der Waals surface area contributed by atoms with Crippen LogP contribution >= 0.6 is 27.3 Å². The van der Waals surface area contributed by atoms with E-state index in [1.165, 1.54) is 8.66 Å². The van der Waals surface area contributed by atoms with Gasteiger partial charge in [-0.25, -0.2) is 0 Å². The van der Waals surface area contributed by atoms with Crippen LogP contribution in [0.5, 0.6) is 0 Å². The number of nitrogens with zero attached hydrogens (tertiary/aromatic N) is 1. The van der Waals surface area contributed by atoms with Gasteiger partial charge in [0.1, 0.15) is 0 Å². The maximum absolute atomic E-state index is 6.51. The molecule has 2 unspecified atom stereocenters. The van der Waals surface area contributed by atoms with E-state index < -0.39 is 0 Å². The number of hydrogen-bond acceptors (Lipinski definition) is 3. The number of halogens is 1. The number of rotatable bonds is 7. The van der Waals surface area contributed by atoms with Gasteiger partial charge >= 0.3 is 0 Å². The van der Waals surface area contributed by atoms with Gasteiger partial charge in [-0.3, -0.25) is 4.90 Å². The molecule has 1 aromatic heterocycles. The minimum Gasteiger partial charge on any atom is -0.326 e. The first-order valence-electron chi connectivity index (χ1n) is 6.72. The molecule has 0 saturated carbocycles. The molecule has 0 spiro atoms. The van der Waals surface area contributed by atoms with E-state index in [-0.39, 0.29) is 11.6 Å². The first-order chi connectivity index (χ1) is 8.47. The summed E-state index contributed by atoms with van der Waals surface area (Å²) in [6.07, 6.45) is 2.04. The van der Waals surface area contributed by atoms with Crippen LogP contribution in [0.3, 0.4) is 0 Å². The summed E-state index contributed by atoms with van der Waals surface area (Å²) in [5.41, 5.74) is 6.59. The van der Waals surface area contributed by atoms with Crippen molar-refractivity contribution in [2.45, 2.75) is 52.1 Å². The van der Waals surface area contributed by atoms with Crippen LogP contribution in [0.15, 0.2) is 15.9 Å². The van der Waals surface area contributed by atoms with Gasteiger partial charge in [-0.2, -0.15) is 0 Å². The summed E-state index contributed by atoms with van der Waals surface area (Å²) in [6, 6.07) is 4.45. The molecule has 0 aliphatic rings. The number of likely N-dealkylation sites (N-methyl/N-ethyl adjacent to an activating group) is 1. The monoisotopic (exact) mass is 332 g/mol. The van der Waals surface area contributed by atoms with E-state index >= 15 is 0 Å². The maximum atomic E-state index is 6.51. The van der Waals surface area contributed by atoms with Gasteiger partial charge in [-0.05, 0) is 60.9 Å². The molecule has 104 valence electrons. The molecule has 0 radical (unpaired) electrons. The normalized spacial score (nSPS) is 16.8. The Bertz CT molecular complexity index is 362. The molecule has 0 fully saturated rings. The molecule has 1 rings (SSSR count). The van der Waals surface area contributed by atoms with Crippen LogP contribution in [0, 0.1) is 0 Å². The third-order valence-corrected chi connectivity index (χ3v) is 5.70. The van der Waals surface area contributed by atoms with Gasteiger partial charge in [-0.1, -0.05) is 20.8 Å². The fourth-order valence-electron chi connectivity index (χ4n) is 2.56. The zero-order valence-corrected chi connectivity index (χ0v) is 14.3. The van der Waals surface area contributed by atoms with Crippen LogP contribution in [0.2, 0.25) is 0 Å². The lowest BCUT2D eigenvalue weighted by molar-refractivity contribution is 0.0848. The van der Waals surface area contributed by atoms with Crippen molar-refractivity contribution in [1.82, 2.24) is 4.90 Å². The molecule has 0 bridgehead atoms. The quantitative estimate of drug-likeness (QED) is 0.820. The standard InChI is InChI=1S/C14H25BrN2S/c1-5-14(4,17(6-2)7-3)12(16)10-11-8-9-13(15)18-11/h8-9,12H,5-7,10,16H2,1-4H3. The van der Waals surface area contributed by atoms with Crippen molar-refractivity contribution >= 4 is 27.3 Å². The summed E-state index contributed by atoms with van der Waals surface area (Å²) in [6.45, 7) is 11.1. The highest BCUT2D eigenvalue weighted by Crippen LogP contribution is 2.28. The van der Waals surface area contributed by atoms with Crippen molar-refractivity contribution in [2.24, 2.45) is 5.73 Å². The number of nitrogens with two attached hydrogens (primary N) is 1. The van der Waals surface area contributed by atoms with E-state index in [0.717, 1.165) is 25.9 Å². The van der Waals surface area contributed by atoms with Gasteiger partial charge in [0.15, 0.2) is 0 Å². The van der Waals surface area contributed by atoms with Crippen LogP contribution in [0.1, 0.15) is 39.0 Å². The summed E-state index contributed by atoms with van der Waals surface area (Å²) >= 11 is 5.30. The molecule has 0 aromatic carbocycles. The first-order valence-corrected chi connectivity index (χ1v) is 8.33. The molecule has 0 aliphatic carbocycles. The van der Waals surface area contributed by atoms with E-state index in [9.17, 15) is 0 Å². The van der Waals surface area contributed by atoms with Crippen molar-refractivity contribution in [3.05, 3.63) is 20.8 Å². The van der Waals surface area contributed by atoms with Crippen LogP contribution in [0.25, 0.3) is 0 Å². The second-order valence-corrected chi connectivity index (χ2v) is 7.45. The molecular formula is C14H25BrN2S. The van der Waals surface area contributed by atoms with Gasteiger partial charge in [-0.15, -0.1) is 11.3 Å². The molecule has 2 atom stereocenters. The lowest BCUT2D eigenvalue weighted by atomic mass is 9.85. The SMILES string of the molecule is CCN(CC)C(C)(CC)C(N)Cc1ccc(Br)s1. The van der Waals surface area contributed by atoms with Crippen molar-refractivity contribution in [3.8, 4) is 0 Å². The molecule has 1 heterocycles. The van der Waals surface area contributed by atoms with Gasteiger partial charge in [0.05, 0.1) is 3.79 Å². The van der Waals surface area contributed by atoms with Crippen LogP contribution in [-0.4, -0.2) is 29.6 Å². The lowest BCUT2D eigenvalue weighted by Gasteiger charge is -2.44. The Morgan fingerprint density at radius 1 is 1.33 bits per heavy atom. The average molecular weight is 333 g/mol. The molecule has 0 amide bonds. The predicted molar refractivity (Wildman–Crippen MR) is 85.3 cm³/mol. The minimum absolute atomic E-state index is 0.0833. The summed E-state index contributed by atoms with van der Waals surface area (Å²) in [5, 5.41) is 0. The fraction of sp³-hybridized carbons (Fsp3) is 0.714. The van der Waals surface area contributed by atoms with E-state index in [0.29, 0.717) is 0 Å². The molecule has 0 saturated heterocycles. The zero-order chi connectivity index (χ0) is 13.8. The Balaban J connectivity index is 2.80. The molecule has 0 aliphatic heterocycles. The largest absolute Gasteiger partial charge is 0.326 e. The lowest BCUT2D eigenvalue weighted by Crippen LogP contribution is -2.58. The smallest absolute Gasteiger partial charge is 0.0701 e. The van der Waals surface area contributed by atoms with Gasteiger partial charge < -0.3 is 5.73 Å². The van der Waals surface area contributed by atoms with Gasteiger partial charge in [0.2, 0.25) is 0 Å². The average Bonchev–Trinajstić information content (AvgIpc) is 2.75. The predicted octanol–water partition coefficient (Wildman–Crippen LogP) is 3.89. The first kappa shape index (κ1) is 16.2. The van der Waals surface area contributed by atoms with Crippen LogP contribution in [0.4, 0.5) is 0 Å². The summed E-state index contributed by atoms with van der Waals surface area (Å²) in [4.78, 5) is 3.85. The highest BCUT2D eigenvalue weighted by atomic mass is 79.9. The second-order valence-electron chi connectivity index (χ2n) is 4.90. The molecular weight excluding hydrogens is 308 g/mol. The van der Waals surface area contributed by atoms with Crippen LogP contribution < -0.4 is 5.73 Å². The van der Waals surface area contributed by atoms with Gasteiger partial charge in [0.25, 0.3) is 0 Å². The number of thiophene rings is 1. The highest BCUT2D eigenvalue weighted by molar-refractivity contribution is 9.11. The Labute approximate surface area is 124 Å². The maximum Gasteiger partial charge on any atom is 0.0701 e. The van der Waals surface area contributed by atoms with Crippen LogP contribution in [-0.2, 0) is 6.42 Å². The minimum atomic E-state index is 0.0833. The topological polar surface area (TPSA) is 29.3 Å². The Hall–Kier alpha value is 0.1000. The molecule has 4 heteroatoms. The fourth-order valence-corrected chi connectivity index (χ4v) is 4.11. The van der Waals surface area contributed by atoms with Crippen molar-refractivity contribution in [3.63, 3.8) is 0 Å². The molecule has 18 heavy (non-hydrogen) atoms. The Kier molecular flexibility index (Phi) is 6.31. The molecule has 2 N–H and O–H groups in total. The second kappa shape index (κ2) is 7.04. The molecule has 1 aromatic rings. The van der Waals surface area contributed by atoms with Crippen molar-refractivity contribution in [1.29, 1.82) is 0 Å². The van der Waals surface area contributed by atoms with E-state index in [4.69, 9.17) is 5.73 Å². The summed E-state index contributed by atoms with van der Waals surface area (Å²) in [5.74, 6) is 0. The third-order valence-electron chi connectivity index (χ3n) is 4.05. The zero-order valence-electron chi connectivity index (χ0n) is 11.9. The van der Waals surface area contributed by atoms with Gasteiger partial charge in [0, 0.05) is 16.5 Å². The molecule has 2 nitrogen and oxygen atoms in total. The van der Waals surface area contributed by atoms with E-state index in [1.54, 1.807) is 11.3 Å². The summed E-state index contributed by atoms with van der Waals surface area (Å²) in [7, 11) is 0. The van der Waals surface area contributed by atoms with E-state index in [1.807, 2.05) is 0 Å². The Morgan fingerprint density at radius 2 is 1.94 bits per heavy atom. The highest BCUT2D eigenvalue weighted by Gasteiger charge is 2.34. The van der Waals surface area contributed by atoms with Crippen molar-refractivity contribution < 1.29 is 0 Å². The van der Waals surface area contributed by atoms with E-state index in [2.05, 4.69) is 60.7 Å². The summed E-state index contributed by atoms with van der Waals surface area (Å²) < 4.78 is 1.19. The number of hydrogen-bond donors (Lipinski definition) is 1. The van der Waals surface area contributed by atoms with Crippen molar-refractivity contribution in [2.75, 3.05) is 13.1 Å². The Morgan fingerprint density at radius 3 is 2.33 bits per heavy atom. The third kappa shape index (κ3) is 3.56.